The average Bonchev–Trinajstić information content (AvgIpc) is 2.47. The molecular weight excluding hydrogens is 361 g/mol. The van der Waals surface area contributed by atoms with Crippen LogP contribution in [0, 0.1) is 0 Å². The number of hydrogen-bond acceptors (Lipinski definition) is 3. The van der Waals surface area contributed by atoms with Gasteiger partial charge in [0.05, 0.1) is 5.02 Å². The summed E-state index contributed by atoms with van der Waals surface area (Å²) in [6, 6.07) is 11.0. The third-order valence-electron chi connectivity index (χ3n) is 3.08. The molecule has 3 aromatic rings. The van der Waals surface area contributed by atoms with E-state index in [1.165, 1.54) is 12.1 Å². The Morgan fingerprint density at radius 2 is 1.78 bits per heavy atom. The Bertz CT molecular complexity index is 982. The molecule has 1 aromatic heterocycles. The summed E-state index contributed by atoms with van der Waals surface area (Å²) < 4.78 is 5.13. The molecule has 0 bridgehead atoms. The van der Waals surface area contributed by atoms with E-state index in [0.717, 1.165) is 0 Å². The predicted molar refractivity (Wildman–Crippen MR) is 91.9 cm³/mol. The summed E-state index contributed by atoms with van der Waals surface area (Å²) in [5.41, 5.74) is -0.302. The Kier molecular flexibility index (Phi) is 4.31. The van der Waals surface area contributed by atoms with Crippen LogP contribution in [0.1, 0.15) is 10.4 Å². The van der Waals surface area contributed by atoms with Crippen molar-refractivity contribution >= 4 is 57.4 Å². The second kappa shape index (κ2) is 6.24. The van der Waals surface area contributed by atoms with E-state index in [1.807, 2.05) is 0 Å². The molecule has 0 unspecified atom stereocenters. The first-order chi connectivity index (χ1) is 10.9. The largest absolute Gasteiger partial charge is 0.421 e. The predicted octanol–water partition coefficient (Wildman–Crippen LogP) is 5.01. The Balaban J connectivity index is 2.03. The Morgan fingerprint density at radius 1 is 1.00 bits per heavy atom. The number of anilines is 1. The molecular formula is C16H8Cl3NO3. The minimum absolute atomic E-state index is 0.157. The molecule has 0 saturated carbocycles. The van der Waals surface area contributed by atoms with Gasteiger partial charge in [-0.25, -0.2) is 4.79 Å². The number of hydrogen-bond donors (Lipinski definition) is 1. The first-order valence-electron chi connectivity index (χ1n) is 6.44. The zero-order valence-electron chi connectivity index (χ0n) is 11.4. The zero-order chi connectivity index (χ0) is 16.6. The van der Waals surface area contributed by atoms with Crippen LogP contribution in [-0.2, 0) is 0 Å². The molecule has 0 aliphatic rings. The summed E-state index contributed by atoms with van der Waals surface area (Å²) in [6.07, 6.45) is 0. The number of benzene rings is 2. The highest BCUT2D eigenvalue weighted by Gasteiger charge is 2.16. The van der Waals surface area contributed by atoms with Gasteiger partial charge in [-0.2, -0.15) is 0 Å². The quantitative estimate of drug-likeness (QED) is 0.647. The van der Waals surface area contributed by atoms with Crippen LogP contribution < -0.4 is 10.9 Å². The van der Waals surface area contributed by atoms with Gasteiger partial charge in [0.15, 0.2) is 5.58 Å². The highest BCUT2D eigenvalue weighted by Crippen LogP contribution is 2.27. The van der Waals surface area contributed by atoms with E-state index in [1.54, 1.807) is 30.3 Å². The molecule has 0 spiro atoms. The standard InChI is InChI=1S/C16H8Cl3NO3/c17-9-2-1-3-11(6-9)20-15(21)12-5-8-4-10(18)7-13(19)14(8)23-16(12)22/h1-7H,(H,20,21). The summed E-state index contributed by atoms with van der Waals surface area (Å²) in [5.74, 6) is -0.612. The van der Waals surface area contributed by atoms with Crippen molar-refractivity contribution in [3.63, 3.8) is 0 Å². The summed E-state index contributed by atoms with van der Waals surface area (Å²) in [6.45, 7) is 0. The van der Waals surface area contributed by atoms with E-state index in [2.05, 4.69) is 5.32 Å². The maximum atomic E-state index is 12.3. The summed E-state index contributed by atoms with van der Waals surface area (Å²) in [7, 11) is 0. The van der Waals surface area contributed by atoms with Crippen molar-refractivity contribution < 1.29 is 9.21 Å². The fraction of sp³-hybridized carbons (Fsp3) is 0. The lowest BCUT2D eigenvalue weighted by Crippen LogP contribution is -2.20. The van der Waals surface area contributed by atoms with Crippen LogP contribution in [0.5, 0.6) is 0 Å². The summed E-state index contributed by atoms with van der Waals surface area (Å²) in [4.78, 5) is 24.3. The van der Waals surface area contributed by atoms with Gasteiger partial charge in [-0.05, 0) is 36.4 Å². The summed E-state index contributed by atoms with van der Waals surface area (Å²) >= 11 is 17.8. The van der Waals surface area contributed by atoms with E-state index in [0.29, 0.717) is 21.1 Å². The minimum atomic E-state index is -0.791. The maximum Gasteiger partial charge on any atom is 0.349 e. The van der Waals surface area contributed by atoms with E-state index >= 15 is 0 Å². The maximum absolute atomic E-state index is 12.3. The molecule has 2 aromatic carbocycles. The fourth-order valence-electron chi connectivity index (χ4n) is 2.08. The van der Waals surface area contributed by atoms with Crippen LogP contribution in [0.3, 0.4) is 0 Å². The van der Waals surface area contributed by atoms with Crippen LogP contribution in [0.4, 0.5) is 5.69 Å². The Morgan fingerprint density at radius 3 is 2.52 bits per heavy atom. The molecule has 0 fully saturated rings. The fourth-order valence-corrected chi connectivity index (χ4v) is 2.82. The van der Waals surface area contributed by atoms with Crippen molar-refractivity contribution in [1.29, 1.82) is 0 Å². The first kappa shape index (κ1) is 15.9. The summed E-state index contributed by atoms with van der Waals surface area (Å²) in [5, 5.41) is 4.08. The number of rotatable bonds is 2. The van der Waals surface area contributed by atoms with Crippen LogP contribution >= 0.6 is 34.8 Å². The smallest absolute Gasteiger partial charge is 0.349 e. The first-order valence-corrected chi connectivity index (χ1v) is 7.57. The van der Waals surface area contributed by atoms with Crippen molar-refractivity contribution in [3.05, 3.63) is 73.5 Å². The molecule has 7 heteroatoms. The van der Waals surface area contributed by atoms with Gasteiger partial charge >= 0.3 is 5.63 Å². The third kappa shape index (κ3) is 3.34. The number of fused-ring (bicyclic) bond motifs is 1. The number of halogens is 3. The van der Waals surface area contributed by atoms with Gasteiger partial charge in [-0.15, -0.1) is 0 Å². The van der Waals surface area contributed by atoms with Gasteiger partial charge in [-0.3, -0.25) is 4.79 Å². The normalized spacial score (nSPS) is 10.7. The lowest BCUT2D eigenvalue weighted by atomic mass is 10.1. The Hall–Kier alpha value is -2.01. The van der Waals surface area contributed by atoms with Gasteiger partial charge in [0.1, 0.15) is 5.56 Å². The average molecular weight is 369 g/mol. The van der Waals surface area contributed by atoms with E-state index in [4.69, 9.17) is 39.2 Å². The molecule has 0 aliphatic heterocycles. The van der Waals surface area contributed by atoms with E-state index in [-0.39, 0.29) is 16.2 Å². The van der Waals surface area contributed by atoms with E-state index in [9.17, 15) is 9.59 Å². The second-order valence-corrected chi connectivity index (χ2v) is 6.00. The second-order valence-electron chi connectivity index (χ2n) is 4.72. The topological polar surface area (TPSA) is 59.3 Å². The molecule has 4 nitrogen and oxygen atoms in total. The van der Waals surface area contributed by atoms with Crippen LogP contribution in [0.25, 0.3) is 11.0 Å². The minimum Gasteiger partial charge on any atom is -0.421 e. The van der Waals surface area contributed by atoms with Gasteiger partial charge in [0.2, 0.25) is 0 Å². The molecule has 0 aliphatic carbocycles. The highest BCUT2D eigenvalue weighted by atomic mass is 35.5. The number of amides is 1. The molecule has 0 saturated heterocycles. The molecule has 23 heavy (non-hydrogen) atoms. The molecule has 0 atom stereocenters. The van der Waals surface area contributed by atoms with Crippen molar-refractivity contribution in [2.75, 3.05) is 5.32 Å². The highest BCUT2D eigenvalue weighted by molar-refractivity contribution is 6.38. The molecule has 116 valence electrons. The molecule has 3 rings (SSSR count). The Labute approximate surface area is 145 Å². The molecule has 1 N–H and O–H groups in total. The monoisotopic (exact) mass is 367 g/mol. The van der Waals surface area contributed by atoms with Crippen molar-refractivity contribution in [1.82, 2.24) is 0 Å². The number of nitrogens with one attached hydrogen (secondary N) is 1. The lowest BCUT2D eigenvalue weighted by Gasteiger charge is -2.06. The zero-order valence-corrected chi connectivity index (χ0v) is 13.7. The van der Waals surface area contributed by atoms with Gasteiger partial charge in [0.25, 0.3) is 5.91 Å². The molecule has 0 radical (unpaired) electrons. The van der Waals surface area contributed by atoms with Crippen molar-refractivity contribution in [2.24, 2.45) is 0 Å². The van der Waals surface area contributed by atoms with Crippen molar-refractivity contribution in [2.45, 2.75) is 0 Å². The number of carbonyl (C=O) groups is 1. The molecule has 1 heterocycles. The number of carbonyl (C=O) groups excluding carboxylic acids is 1. The lowest BCUT2D eigenvalue weighted by molar-refractivity contribution is 0.102. The third-order valence-corrected chi connectivity index (χ3v) is 3.81. The van der Waals surface area contributed by atoms with Gasteiger partial charge < -0.3 is 9.73 Å². The molecule has 1 amide bonds. The SMILES string of the molecule is O=C(Nc1cccc(Cl)c1)c1cc2cc(Cl)cc(Cl)c2oc1=O. The van der Waals surface area contributed by atoms with Gasteiger partial charge in [-0.1, -0.05) is 40.9 Å². The van der Waals surface area contributed by atoms with Crippen LogP contribution in [0.2, 0.25) is 15.1 Å². The van der Waals surface area contributed by atoms with Gasteiger partial charge in [0, 0.05) is 21.1 Å². The van der Waals surface area contributed by atoms with Crippen molar-refractivity contribution in [3.8, 4) is 0 Å². The van der Waals surface area contributed by atoms with E-state index < -0.39 is 11.5 Å². The van der Waals surface area contributed by atoms with Crippen LogP contribution in [-0.4, -0.2) is 5.91 Å². The van der Waals surface area contributed by atoms with Crippen LogP contribution in [0.15, 0.2) is 51.7 Å².